The molecular formula is C17H13BrFN3O2. The van der Waals surface area contributed by atoms with Crippen LogP contribution in [-0.2, 0) is 6.42 Å². The summed E-state index contributed by atoms with van der Waals surface area (Å²) in [5.41, 5.74) is 1.27. The Bertz CT molecular complexity index is 878. The average molecular weight is 390 g/mol. The Balaban J connectivity index is 1.76. The second-order valence-electron chi connectivity index (χ2n) is 5.02. The molecule has 0 aliphatic heterocycles. The maximum atomic E-state index is 13.8. The van der Waals surface area contributed by atoms with Crippen molar-refractivity contribution in [3.8, 4) is 11.4 Å². The van der Waals surface area contributed by atoms with Crippen molar-refractivity contribution < 1.29 is 13.7 Å². The van der Waals surface area contributed by atoms with Gasteiger partial charge in [-0.1, -0.05) is 40.1 Å². The number of carbonyl (C=O) groups is 1. The first-order valence-electron chi connectivity index (χ1n) is 7.26. The van der Waals surface area contributed by atoms with Crippen molar-refractivity contribution in [2.24, 2.45) is 0 Å². The van der Waals surface area contributed by atoms with E-state index in [0.29, 0.717) is 28.2 Å². The first-order chi connectivity index (χ1) is 11.6. The Morgan fingerprint density at radius 1 is 1.25 bits per heavy atom. The highest BCUT2D eigenvalue weighted by atomic mass is 79.9. The summed E-state index contributed by atoms with van der Waals surface area (Å²) in [7, 11) is 0. The van der Waals surface area contributed by atoms with Crippen molar-refractivity contribution >= 4 is 27.5 Å². The van der Waals surface area contributed by atoms with Crippen molar-refractivity contribution in [1.29, 1.82) is 0 Å². The van der Waals surface area contributed by atoms with Crippen LogP contribution in [0.2, 0.25) is 0 Å². The minimum Gasteiger partial charge on any atom is -0.339 e. The largest absolute Gasteiger partial charge is 0.339 e. The lowest BCUT2D eigenvalue weighted by molar-refractivity contribution is 0.102. The highest BCUT2D eigenvalue weighted by molar-refractivity contribution is 9.10. The van der Waals surface area contributed by atoms with Gasteiger partial charge in [-0.25, -0.2) is 4.39 Å². The van der Waals surface area contributed by atoms with Gasteiger partial charge in [0.2, 0.25) is 11.7 Å². The molecule has 0 atom stereocenters. The van der Waals surface area contributed by atoms with Crippen molar-refractivity contribution in [3.63, 3.8) is 0 Å². The zero-order valence-electron chi connectivity index (χ0n) is 12.7. The standard InChI is InChI=1S/C17H13BrFN3O2/c1-2-15-21-16(22-24-15)10-3-5-11(6-4-10)17(23)20-14-8-7-12(18)9-13(14)19/h3-9H,2H2,1H3,(H,20,23). The van der Waals surface area contributed by atoms with E-state index in [4.69, 9.17) is 4.52 Å². The minimum absolute atomic E-state index is 0.123. The Kier molecular flexibility index (Phi) is 4.71. The maximum Gasteiger partial charge on any atom is 0.255 e. The van der Waals surface area contributed by atoms with E-state index >= 15 is 0 Å². The number of benzene rings is 2. The van der Waals surface area contributed by atoms with E-state index in [9.17, 15) is 9.18 Å². The number of aromatic nitrogens is 2. The van der Waals surface area contributed by atoms with Gasteiger partial charge in [-0.3, -0.25) is 4.79 Å². The maximum absolute atomic E-state index is 13.8. The number of aryl methyl sites for hydroxylation is 1. The van der Waals surface area contributed by atoms with E-state index in [1.807, 2.05) is 6.92 Å². The normalized spacial score (nSPS) is 10.6. The molecule has 0 radical (unpaired) electrons. The SMILES string of the molecule is CCc1nc(-c2ccc(C(=O)Nc3ccc(Br)cc3F)cc2)no1. The summed E-state index contributed by atoms with van der Waals surface area (Å²) < 4.78 is 19.4. The first-order valence-corrected chi connectivity index (χ1v) is 8.05. The molecule has 24 heavy (non-hydrogen) atoms. The number of amides is 1. The fraction of sp³-hybridized carbons (Fsp3) is 0.118. The van der Waals surface area contributed by atoms with E-state index in [1.54, 1.807) is 30.3 Å². The fourth-order valence-electron chi connectivity index (χ4n) is 2.07. The van der Waals surface area contributed by atoms with Crippen LogP contribution in [0.15, 0.2) is 51.5 Å². The third-order valence-electron chi connectivity index (χ3n) is 3.36. The third-order valence-corrected chi connectivity index (χ3v) is 3.85. The molecule has 1 N–H and O–H groups in total. The van der Waals surface area contributed by atoms with Crippen LogP contribution in [0, 0.1) is 5.82 Å². The van der Waals surface area contributed by atoms with Crippen molar-refractivity contribution in [1.82, 2.24) is 10.1 Å². The molecule has 3 rings (SSSR count). The molecule has 0 aliphatic rings. The second-order valence-corrected chi connectivity index (χ2v) is 5.94. The van der Waals surface area contributed by atoms with E-state index < -0.39 is 11.7 Å². The lowest BCUT2D eigenvalue weighted by atomic mass is 10.1. The van der Waals surface area contributed by atoms with E-state index in [-0.39, 0.29) is 5.69 Å². The highest BCUT2D eigenvalue weighted by Gasteiger charge is 2.11. The van der Waals surface area contributed by atoms with Crippen LogP contribution in [0.5, 0.6) is 0 Å². The Morgan fingerprint density at radius 2 is 2.00 bits per heavy atom. The van der Waals surface area contributed by atoms with Gasteiger partial charge < -0.3 is 9.84 Å². The number of hydrogen-bond acceptors (Lipinski definition) is 4. The molecule has 1 amide bonds. The summed E-state index contributed by atoms with van der Waals surface area (Å²) in [6, 6.07) is 11.1. The number of nitrogens with one attached hydrogen (secondary N) is 1. The smallest absolute Gasteiger partial charge is 0.255 e. The Labute approximate surface area is 146 Å². The molecule has 122 valence electrons. The van der Waals surface area contributed by atoms with Gasteiger partial charge in [0.05, 0.1) is 5.69 Å². The molecule has 1 heterocycles. The van der Waals surface area contributed by atoms with Crippen LogP contribution in [-0.4, -0.2) is 16.0 Å². The Morgan fingerprint density at radius 3 is 2.62 bits per heavy atom. The summed E-state index contributed by atoms with van der Waals surface area (Å²) in [5.74, 6) is 0.119. The fourth-order valence-corrected chi connectivity index (χ4v) is 2.40. The molecule has 0 bridgehead atoms. The van der Waals surface area contributed by atoms with Crippen molar-refractivity contribution in [2.75, 3.05) is 5.32 Å². The third kappa shape index (κ3) is 3.51. The van der Waals surface area contributed by atoms with E-state index in [2.05, 4.69) is 31.4 Å². The van der Waals surface area contributed by atoms with Gasteiger partial charge in [0, 0.05) is 22.0 Å². The summed E-state index contributed by atoms with van der Waals surface area (Å²) >= 11 is 3.17. The van der Waals surface area contributed by atoms with E-state index in [1.165, 1.54) is 12.1 Å². The number of nitrogens with zero attached hydrogens (tertiary/aromatic N) is 2. The summed E-state index contributed by atoms with van der Waals surface area (Å²) in [4.78, 5) is 16.4. The number of anilines is 1. The summed E-state index contributed by atoms with van der Waals surface area (Å²) in [6.07, 6.45) is 0.659. The molecule has 0 spiro atoms. The van der Waals surface area contributed by atoms with Crippen LogP contribution < -0.4 is 5.32 Å². The van der Waals surface area contributed by atoms with Gasteiger partial charge in [-0.2, -0.15) is 4.98 Å². The molecule has 1 aromatic heterocycles. The molecule has 2 aromatic carbocycles. The molecular weight excluding hydrogens is 377 g/mol. The monoisotopic (exact) mass is 389 g/mol. The van der Waals surface area contributed by atoms with Crippen LogP contribution in [0.4, 0.5) is 10.1 Å². The van der Waals surface area contributed by atoms with Gasteiger partial charge >= 0.3 is 0 Å². The predicted octanol–water partition coefficient (Wildman–Crippen LogP) is 4.45. The number of carbonyl (C=O) groups excluding carboxylic acids is 1. The van der Waals surface area contributed by atoms with Gasteiger partial charge in [-0.05, 0) is 30.3 Å². The lowest BCUT2D eigenvalue weighted by Gasteiger charge is -2.07. The molecule has 7 heteroatoms. The quantitative estimate of drug-likeness (QED) is 0.715. The topological polar surface area (TPSA) is 68.0 Å². The van der Waals surface area contributed by atoms with Gasteiger partial charge in [0.1, 0.15) is 5.82 Å². The Hall–Kier alpha value is -2.54. The summed E-state index contributed by atoms with van der Waals surface area (Å²) in [5, 5.41) is 6.42. The van der Waals surface area contributed by atoms with Crippen LogP contribution in [0.3, 0.4) is 0 Å². The van der Waals surface area contributed by atoms with Gasteiger partial charge in [0.15, 0.2) is 0 Å². The lowest BCUT2D eigenvalue weighted by Crippen LogP contribution is -2.12. The molecule has 5 nitrogen and oxygen atoms in total. The number of rotatable bonds is 4. The van der Waals surface area contributed by atoms with Crippen LogP contribution in [0.1, 0.15) is 23.2 Å². The van der Waals surface area contributed by atoms with Gasteiger partial charge in [-0.15, -0.1) is 0 Å². The number of hydrogen-bond donors (Lipinski definition) is 1. The zero-order valence-corrected chi connectivity index (χ0v) is 14.3. The molecule has 0 aliphatic carbocycles. The van der Waals surface area contributed by atoms with Crippen molar-refractivity contribution in [3.05, 3.63) is 64.2 Å². The molecule has 0 saturated heterocycles. The summed E-state index contributed by atoms with van der Waals surface area (Å²) in [6.45, 7) is 1.92. The predicted molar refractivity (Wildman–Crippen MR) is 91.2 cm³/mol. The van der Waals surface area contributed by atoms with Crippen molar-refractivity contribution in [2.45, 2.75) is 13.3 Å². The second kappa shape index (κ2) is 6.92. The molecule has 3 aromatic rings. The first kappa shape index (κ1) is 16.3. The average Bonchev–Trinajstić information content (AvgIpc) is 3.06. The molecule has 0 fully saturated rings. The molecule has 0 saturated carbocycles. The highest BCUT2D eigenvalue weighted by Crippen LogP contribution is 2.21. The zero-order chi connectivity index (χ0) is 17.1. The molecule has 0 unspecified atom stereocenters. The minimum atomic E-state index is -0.506. The van der Waals surface area contributed by atoms with E-state index in [0.717, 1.165) is 5.56 Å². The van der Waals surface area contributed by atoms with Crippen LogP contribution in [0.25, 0.3) is 11.4 Å². The van der Waals surface area contributed by atoms with Gasteiger partial charge in [0.25, 0.3) is 5.91 Å². The van der Waals surface area contributed by atoms with Crippen LogP contribution >= 0.6 is 15.9 Å². The number of halogens is 2.